The zero-order valence-electron chi connectivity index (χ0n) is 10.4. The van der Waals surface area contributed by atoms with Gasteiger partial charge in [-0.05, 0) is 18.4 Å². The van der Waals surface area contributed by atoms with Crippen molar-refractivity contribution in [3.63, 3.8) is 0 Å². The lowest BCUT2D eigenvalue weighted by atomic mass is 9.91. The fourth-order valence-corrected chi connectivity index (χ4v) is 1.62. The van der Waals surface area contributed by atoms with Gasteiger partial charge in [0.2, 0.25) is 0 Å². The van der Waals surface area contributed by atoms with Crippen LogP contribution in [0, 0.1) is 5.41 Å². The molecule has 1 heterocycles. The fraction of sp³-hybridized carbons (Fsp3) is 0.750. The molecule has 0 aliphatic carbocycles. The highest BCUT2D eigenvalue weighted by atomic mass is 15.1. The molecule has 0 saturated heterocycles. The van der Waals surface area contributed by atoms with E-state index < -0.39 is 0 Å². The second-order valence-electron chi connectivity index (χ2n) is 5.17. The van der Waals surface area contributed by atoms with Crippen LogP contribution in [0.15, 0.2) is 12.5 Å². The number of aromatic nitrogens is 2. The molecular weight excluding hydrogens is 186 g/mol. The monoisotopic (exact) mass is 209 g/mol. The summed E-state index contributed by atoms with van der Waals surface area (Å²) in [6, 6.07) is 0. The summed E-state index contributed by atoms with van der Waals surface area (Å²) in [6.07, 6.45) is 4.99. The number of nitrogens with one attached hydrogen (secondary N) is 1. The minimum Gasteiger partial charge on any atom is -0.333 e. The van der Waals surface area contributed by atoms with Gasteiger partial charge < -0.3 is 9.88 Å². The second kappa shape index (κ2) is 5.31. The van der Waals surface area contributed by atoms with Crippen LogP contribution >= 0.6 is 0 Å². The first-order chi connectivity index (χ1) is 7.03. The van der Waals surface area contributed by atoms with Gasteiger partial charge in [0, 0.05) is 25.0 Å². The summed E-state index contributed by atoms with van der Waals surface area (Å²) >= 11 is 0. The second-order valence-corrected chi connectivity index (χ2v) is 5.17. The maximum atomic E-state index is 4.22. The third-order valence-electron chi connectivity index (χ3n) is 2.29. The van der Waals surface area contributed by atoms with Crippen molar-refractivity contribution in [1.29, 1.82) is 0 Å². The molecule has 3 nitrogen and oxygen atoms in total. The summed E-state index contributed by atoms with van der Waals surface area (Å²) in [5.74, 6) is 0. The Morgan fingerprint density at radius 1 is 1.40 bits per heavy atom. The first kappa shape index (κ1) is 12.2. The van der Waals surface area contributed by atoms with Crippen LogP contribution in [0.25, 0.3) is 0 Å². The number of nitrogens with zero attached hydrogens (tertiary/aromatic N) is 2. The van der Waals surface area contributed by atoms with Gasteiger partial charge in [-0.25, -0.2) is 4.98 Å². The van der Waals surface area contributed by atoms with E-state index in [1.165, 1.54) is 5.69 Å². The van der Waals surface area contributed by atoms with Gasteiger partial charge in [0.15, 0.2) is 0 Å². The quantitative estimate of drug-likeness (QED) is 0.752. The van der Waals surface area contributed by atoms with E-state index >= 15 is 0 Å². The molecule has 0 bridgehead atoms. The van der Waals surface area contributed by atoms with Crippen LogP contribution in [0.2, 0.25) is 0 Å². The van der Waals surface area contributed by atoms with Crippen LogP contribution < -0.4 is 5.32 Å². The molecule has 86 valence electrons. The van der Waals surface area contributed by atoms with E-state index in [4.69, 9.17) is 0 Å². The number of hydrogen-bond acceptors (Lipinski definition) is 2. The average Bonchev–Trinajstić information content (AvgIpc) is 2.50. The minimum atomic E-state index is 0.329. The van der Waals surface area contributed by atoms with Crippen LogP contribution in [0.1, 0.15) is 33.4 Å². The Hall–Kier alpha value is -0.830. The molecule has 0 aliphatic rings. The zero-order valence-corrected chi connectivity index (χ0v) is 10.4. The zero-order chi connectivity index (χ0) is 11.3. The van der Waals surface area contributed by atoms with Gasteiger partial charge in [-0.15, -0.1) is 0 Å². The molecule has 0 radical (unpaired) electrons. The van der Waals surface area contributed by atoms with Crippen LogP contribution in [-0.2, 0) is 13.0 Å². The maximum absolute atomic E-state index is 4.22. The first-order valence-corrected chi connectivity index (χ1v) is 5.72. The van der Waals surface area contributed by atoms with Crippen LogP contribution in [0.3, 0.4) is 0 Å². The lowest BCUT2D eigenvalue weighted by molar-refractivity contribution is 0.396. The Balaban J connectivity index is 2.53. The Labute approximate surface area is 92.9 Å². The summed E-state index contributed by atoms with van der Waals surface area (Å²) in [5.41, 5.74) is 1.66. The highest BCUT2D eigenvalue weighted by Crippen LogP contribution is 2.19. The van der Waals surface area contributed by atoms with E-state index in [9.17, 15) is 0 Å². The Bertz CT molecular complexity index is 283. The lowest BCUT2D eigenvalue weighted by Crippen LogP contribution is -2.21. The largest absolute Gasteiger partial charge is 0.333 e. The smallest absolute Gasteiger partial charge is 0.0948 e. The SMILES string of the molecule is CCNCCn1cncc1CC(C)(C)C. The third-order valence-corrected chi connectivity index (χ3v) is 2.29. The molecule has 0 aromatic carbocycles. The molecule has 1 aromatic rings. The Morgan fingerprint density at radius 2 is 2.13 bits per heavy atom. The standard InChI is InChI=1S/C12H23N3/c1-5-13-6-7-15-10-14-9-11(15)8-12(2,3)4/h9-10,13H,5-8H2,1-4H3. The highest BCUT2D eigenvalue weighted by Gasteiger charge is 2.13. The van der Waals surface area contributed by atoms with Gasteiger partial charge in [-0.2, -0.15) is 0 Å². The molecule has 0 fully saturated rings. The number of hydrogen-bond donors (Lipinski definition) is 1. The minimum absolute atomic E-state index is 0.329. The van der Waals surface area contributed by atoms with Crippen LogP contribution in [-0.4, -0.2) is 22.6 Å². The van der Waals surface area contributed by atoms with Gasteiger partial charge in [0.25, 0.3) is 0 Å². The van der Waals surface area contributed by atoms with E-state index in [0.29, 0.717) is 5.41 Å². The van der Waals surface area contributed by atoms with Gasteiger partial charge in [0.05, 0.1) is 6.33 Å². The van der Waals surface area contributed by atoms with Gasteiger partial charge >= 0.3 is 0 Å². The van der Waals surface area contributed by atoms with Crippen molar-refractivity contribution in [1.82, 2.24) is 14.9 Å². The normalized spacial score (nSPS) is 12.0. The van der Waals surface area contributed by atoms with Crippen molar-refractivity contribution < 1.29 is 0 Å². The van der Waals surface area contributed by atoms with Crippen molar-refractivity contribution in [2.75, 3.05) is 13.1 Å². The molecule has 0 unspecified atom stereocenters. The van der Waals surface area contributed by atoms with Crippen molar-refractivity contribution in [2.45, 2.75) is 40.7 Å². The van der Waals surface area contributed by atoms with Crippen molar-refractivity contribution in [2.24, 2.45) is 5.41 Å². The molecule has 0 aliphatic heterocycles. The number of imidazole rings is 1. The molecule has 1 N–H and O–H groups in total. The van der Waals surface area contributed by atoms with Crippen molar-refractivity contribution in [3.05, 3.63) is 18.2 Å². The summed E-state index contributed by atoms with van der Waals surface area (Å²) in [7, 11) is 0. The molecule has 15 heavy (non-hydrogen) atoms. The van der Waals surface area contributed by atoms with Gasteiger partial charge in [0.1, 0.15) is 0 Å². The van der Waals surface area contributed by atoms with E-state index in [1.54, 1.807) is 0 Å². The number of likely N-dealkylation sites (N-methyl/N-ethyl adjacent to an activating group) is 1. The van der Waals surface area contributed by atoms with E-state index in [0.717, 1.165) is 26.1 Å². The maximum Gasteiger partial charge on any atom is 0.0948 e. The number of rotatable bonds is 5. The Morgan fingerprint density at radius 3 is 2.73 bits per heavy atom. The highest BCUT2D eigenvalue weighted by molar-refractivity contribution is 5.01. The molecule has 0 atom stereocenters. The fourth-order valence-electron chi connectivity index (χ4n) is 1.62. The van der Waals surface area contributed by atoms with Crippen LogP contribution in [0.5, 0.6) is 0 Å². The predicted molar refractivity (Wildman–Crippen MR) is 63.9 cm³/mol. The molecule has 0 saturated carbocycles. The van der Waals surface area contributed by atoms with Gasteiger partial charge in [-0.3, -0.25) is 0 Å². The van der Waals surface area contributed by atoms with E-state index in [2.05, 4.69) is 42.6 Å². The van der Waals surface area contributed by atoms with Gasteiger partial charge in [-0.1, -0.05) is 27.7 Å². The topological polar surface area (TPSA) is 29.9 Å². The molecule has 0 spiro atoms. The summed E-state index contributed by atoms with van der Waals surface area (Å²) in [4.78, 5) is 4.22. The first-order valence-electron chi connectivity index (χ1n) is 5.72. The van der Waals surface area contributed by atoms with Crippen molar-refractivity contribution >= 4 is 0 Å². The molecule has 3 heteroatoms. The van der Waals surface area contributed by atoms with E-state index in [-0.39, 0.29) is 0 Å². The van der Waals surface area contributed by atoms with Crippen molar-refractivity contribution in [3.8, 4) is 0 Å². The van der Waals surface area contributed by atoms with E-state index in [1.807, 2.05) is 12.5 Å². The van der Waals surface area contributed by atoms with Crippen LogP contribution in [0.4, 0.5) is 0 Å². The molecular formula is C12H23N3. The average molecular weight is 209 g/mol. The predicted octanol–water partition coefficient (Wildman–Crippen LogP) is 2.08. The summed E-state index contributed by atoms with van der Waals surface area (Å²) in [5, 5.41) is 3.33. The molecule has 1 rings (SSSR count). The third kappa shape index (κ3) is 4.47. The summed E-state index contributed by atoms with van der Waals surface area (Å²) in [6.45, 7) is 12.0. The molecule has 0 amide bonds. The summed E-state index contributed by atoms with van der Waals surface area (Å²) < 4.78 is 2.24. The Kier molecular flexibility index (Phi) is 4.33. The lowest BCUT2D eigenvalue weighted by Gasteiger charge is -2.19. The molecule has 1 aromatic heterocycles.